The molecule has 124 valence electrons. The van der Waals surface area contributed by atoms with E-state index in [-0.39, 0.29) is 5.56 Å². The normalized spacial score (nSPS) is 14.9. The summed E-state index contributed by atoms with van der Waals surface area (Å²) in [6.45, 7) is 0. The zero-order chi connectivity index (χ0) is 16.5. The number of hydrogen-bond acceptors (Lipinski definition) is 6. The Kier molecular flexibility index (Phi) is 4.02. The smallest absolute Gasteiger partial charge is 0.268 e. The highest BCUT2D eigenvalue weighted by Gasteiger charge is 2.17. The van der Waals surface area contributed by atoms with Crippen LogP contribution in [0.15, 0.2) is 27.4 Å². The molecule has 1 aliphatic rings. The lowest BCUT2D eigenvalue weighted by Crippen LogP contribution is -2.18. The van der Waals surface area contributed by atoms with E-state index in [0.29, 0.717) is 17.5 Å². The van der Waals surface area contributed by atoms with Crippen molar-refractivity contribution in [3.63, 3.8) is 0 Å². The molecule has 0 atom stereocenters. The number of hydrogen-bond donors (Lipinski definition) is 0. The van der Waals surface area contributed by atoms with Crippen molar-refractivity contribution in [3.05, 3.63) is 39.0 Å². The van der Waals surface area contributed by atoms with Crippen LogP contribution in [-0.2, 0) is 19.9 Å². The first-order valence-corrected chi connectivity index (χ1v) is 9.02. The van der Waals surface area contributed by atoms with Crippen LogP contribution in [0.4, 0.5) is 0 Å². The van der Waals surface area contributed by atoms with Crippen LogP contribution in [-0.4, -0.2) is 20.0 Å². The topological polar surface area (TPSA) is 73.8 Å². The molecule has 0 spiro atoms. The highest BCUT2D eigenvalue weighted by molar-refractivity contribution is 7.15. The molecule has 0 bridgehead atoms. The van der Waals surface area contributed by atoms with Gasteiger partial charge < -0.3 is 4.42 Å². The molecule has 3 heterocycles. The molecule has 6 nitrogen and oxygen atoms in total. The van der Waals surface area contributed by atoms with Gasteiger partial charge in [0.15, 0.2) is 0 Å². The predicted molar refractivity (Wildman–Crippen MR) is 92.0 cm³/mol. The summed E-state index contributed by atoms with van der Waals surface area (Å²) in [5.74, 6) is 0.860. The van der Waals surface area contributed by atoms with Crippen LogP contribution in [0.1, 0.15) is 36.1 Å². The van der Waals surface area contributed by atoms with Crippen molar-refractivity contribution >= 4 is 11.3 Å². The van der Waals surface area contributed by atoms with E-state index < -0.39 is 0 Å². The number of aryl methyl sites for hydroxylation is 3. The van der Waals surface area contributed by atoms with E-state index in [0.717, 1.165) is 17.7 Å². The molecule has 0 saturated carbocycles. The van der Waals surface area contributed by atoms with Gasteiger partial charge in [-0.05, 0) is 43.4 Å². The first kappa shape index (κ1) is 15.3. The SMILES string of the molecule is Cn1nc(-c2nnc(-c3cc4c(s3)CCCCCC4)o2)ccc1=O. The number of nitrogens with zero attached hydrogens (tertiary/aromatic N) is 4. The van der Waals surface area contributed by atoms with Gasteiger partial charge in [0, 0.05) is 18.0 Å². The van der Waals surface area contributed by atoms with E-state index in [1.165, 1.54) is 46.9 Å². The molecule has 0 aromatic carbocycles. The zero-order valence-corrected chi connectivity index (χ0v) is 14.3. The highest BCUT2D eigenvalue weighted by Crippen LogP contribution is 2.34. The van der Waals surface area contributed by atoms with E-state index in [2.05, 4.69) is 21.4 Å². The summed E-state index contributed by atoms with van der Waals surface area (Å²) in [4.78, 5) is 13.9. The van der Waals surface area contributed by atoms with Gasteiger partial charge in [-0.1, -0.05) is 12.8 Å². The van der Waals surface area contributed by atoms with Gasteiger partial charge in [-0.2, -0.15) is 5.10 Å². The monoisotopic (exact) mass is 342 g/mol. The van der Waals surface area contributed by atoms with Crippen LogP contribution in [0.3, 0.4) is 0 Å². The Morgan fingerprint density at radius 2 is 1.88 bits per heavy atom. The van der Waals surface area contributed by atoms with Crippen molar-refractivity contribution < 1.29 is 4.42 Å². The van der Waals surface area contributed by atoms with Crippen molar-refractivity contribution in [3.8, 4) is 22.4 Å². The van der Waals surface area contributed by atoms with E-state index in [1.54, 1.807) is 24.5 Å². The second kappa shape index (κ2) is 6.32. The number of aromatic nitrogens is 4. The van der Waals surface area contributed by atoms with Crippen LogP contribution in [0.2, 0.25) is 0 Å². The summed E-state index contributed by atoms with van der Waals surface area (Å²) in [7, 11) is 1.60. The second-order valence-electron chi connectivity index (χ2n) is 6.07. The van der Waals surface area contributed by atoms with Gasteiger partial charge in [0.1, 0.15) is 5.69 Å². The third-order valence-electron chi connectivity index (χ3n) is 4.31. The lowest BCUT2D eigenvalue weighted by Gasteiger charge is -2.07. The summed E-state index contributed by atoms with van der Waals surface area (Å²) in [6, 6.07) is 5.24. The molecule has 0 radical (unpaired) electrons. The average Bonchev–Trinajstić information content (AvgIpc) is 3.17. The van der Waals surface area contributed by atoms with Crippen molar-refractivity contribution in [2.24, 2.45) is 7.05 Å². The lowest BCUT2D eigenvalue weighted by molar-refractivity contribution is 0.577. The summed E-state index contributed by atoms with van der Waals surface area (Å²) >= 11 is 1.75. The van der Waals surface area contributed by atoms with E-state index >= 15 is 0 Å². The molecule has 24 heavy (non-hydrogen) atoms. The Hall–Kier alpha value is -2.28. The molecule has 0 amide bonds. The first-order chi connectivity index (χ1) is 11.7. The molecule has 0 aliphatic heterocycles. The minimum atomic E-state index is -0.170. The fraction of sp³-hybridized carbons (Fsp3) is 0.412. The Morgan fingerprint density at radius 3 is 2.71 bits per heavy atom. The second-order valence-corrected chi connectivity index (χ2v) is 7.20. The molecule has 4 rings (SSSR count). The molecule has 1 aliphatic carbocycles. The number of rotatable bonds is 2. The van der Waals surface area contributed by atoms with Crippen LogP contribution in [0.25, 0.3) is 22.4 Å². The molecule has 0 saturated heterocycles. The molecule has 0 unspecified atom stereocenters. The number of thiophene rings is 1. The zero-order valence-electron chi connectivity index (χ0n) is 13.5. The van der Waals surface area contributed by atoms with Crippen LogP contribution >= 0.6 is 11.3 Å². The van der Waals surface area contributed by atoms with E-state index in [1.807, 2.05) is 0 Å². The van der Waals surface area contributed by atoms with Gasteiger partial charge in [0.05, 0.1) is 4.88 Å². The third kappa shape index (κ3) is 2.91. The Morgan fingerprint density at radius 1 is 1.08 bits per heavy atom. The molecular weight excluding hydrogens is 324 g/mol. The van der Waals surface area contributed by atoms with E-state index in [4.69, 9.17) is 4.42 Å². The van der Waals surface area contributed by atoms with Gasteiger partial charge in [-0.15, -0.1) is 21.5 Å². The Bertz CT molecular complexity index is 899. The van der Waals surface area contributed by atoms with Crippen LogP contribution in [0.5, 0.6) is 0 Å². The fourth-order valence-corrected chi connectivity index (χ4v) is 4.17. The van der Waals surface area contributed by atoms with Gasteiger partial charge in [0.2, 0.25) is 0 Å². The molecule has 0 fully saturated rings. The molecule has 0 N–H and O–H groups in total. The maximum atomic E-state index is 11.4. The first-order valence-electron chi connectivity index (χ1n) is 8.21. The maximum Gasteiger partial charge on any atom is 0.268 e. The summed E-state index contributed by atoms with van der Waals surface area (Å²) in [6.07, 6.45) is 7.41. The van der Waals surface area contributed by atoms with Crippen molar-refractivity contribution in [2.45, 2.75) is 38.5 Å². The van der Waals surface area contributed by atoms with Crippen molar-refractivity contribution in [1.29, 1.82) is 0 Å². The average molecular weight is 342 g/mol. The standard InChI is InChI=1S/C17H18N4O2S/c1-21-15(22)9-8-12(20-21)16-18-19-17(23-16)14-10-11-6-4-2-3-5-7-13(11)24-14/h8-10H,2-7H2,1H3. The van der Waals surface area contributed by atoms with Gasteiger partial charge in [0.25, 0.3) is 17.3 Å². The van der Waals surface area contributed by atoms with Crippen LogP contribution in [0, 0.1) is 0 Å². The van der Waals surface area contributed by atoms with E-state index in [9.17, 15) is 4.79 Å². The molecule has 3 aromatic heterocycles. The molecular formula is C17H18N4O2S. The fourth-order valence-electron chi connectivity index (χ4n) is 2.99. The van der Waals surface area contributed by atoms with Crippen molar-refractivity contribution in [2.75, 3.05) is 0 Å². The lowest BCUT2D eigenvalue weighted by atomic mass is 10.00. The molecule has 7 heteroatoms. The predicted octanol–water partition coefficient (Wildman–Crippen LogP) is 3.22. The largest absolute Gasteiger partial charge is 0.414 e. The quantitative estimate of drug-likeness (QED) is 0.715. The van der Waals surface area contributed by atoms with Gasteiger partial charge >= 0.3 is 0 Å². The maximum absolute atomic E-state index is 11.4. The summed E-state index contributed by atoms with van der Waals surface area (Å²) in [5, 5.41) is 12.4. The highest BCUT2D eigenvalue weighted by atomic mass is 32.1. The minimum Gasteiger partial charge on any atom is -0.414 e. The Labute approximate surface area is 143 Å². The third-order valence-corrected chi connectivity index (χ3v) is 5.54. The van der Waals surface area contributed by atoms with Crippen molar-refractivity contribution in [1.82, 2.24) is 20.0 Å². The number of fused-ring (bicyclic) bond motifs is 1. The van der Waals surface area contributed by atoms with Gasteiger partial charge in [-0.3, -0.25) is 4.79 Å². The molecule has 3 aromatic rings. The Balaban J connectivity index is 1.66. The minimum absolute atomic E-state index is 0.170. The summed E-state index contributed by atoms with van der Waals surface area (Å²) in [5.41, 5.74) is 1.76. The summed E-state index contributed by atoms with van der Waals surface area (Å²) < 4.78 is 7.06. The van der Waals surface area contributed by atoms with Crippen LogP contribution < -0.4 is 5.56 Å². The van der Waals surface area contributed by atoms with Gasteiger partial charge in [-0.25, -0.2) is 4.68 Å².